The third-order valence-electron chi connectivity index (χ3n) is 4.92. The molecule has 0 aliphatic carbocycles. The summed E-state index contributed by atoms with van der Waals surface area (Å²) in [6.07, 6.45) is 0.532. The molecule has 1 aliphatic rings. The van der Waals surface area contributed by atoms with Crippen LogP contribution in [-0.4, -0.2) is 20.9 Å². The lowest BCUT2D eigenvalue weighted by Crippen LogP contribution is -2.29. The zero-order valence-corrected chi connectivity index (χ0v) is 18.4. The second-order valence-electron chi connectivity index (χ2n) is 7.10. The van der Waals surface area contributed by atoms with Crippen LogP contribution in [-0.2, 0) is 16.4 Å². The van der Waals surface area contributed by atoms with Crippen LogP contribution in [0, 0.1) is 6.92 Å². The largest absolute Gasteiger partial charge is 0.322 e. The van der Waals surface area contributed by atoms with E-state index in [1.54, 1.807) is 60.7 Å². The quantitative estimate of drug-likeness (QED) is 0.573. The van der Waals surface area contributed by atoms with E-state index in [4.69, 9.17) is 23.2 Å². The fourth-order valence-electron chi connectivity index (χ4n) is 3.43. The molecule has 0 radical (unpaired) electrons. The van der Waals surface area contributed by atoms with Crippen molar-refractivity contribution in [3.63, 3.8) is 0 Å². The molecule has 3 aromatic carbocycles. The summed E-state index contributed by atoms with van der Waals surface area (Å²) < 4.78 is 27.5. The number of carbonyl (C=O) groups is 1. The Kier molecular flexibility index (Phi) is 5.49. The molecule has 1 amide bonds. The predicted octanol–water partition coefficient (Wildman–Crippen LogP) is 5.31. The van der Waals surface area contributed by atoms with E-state index in [1.807, 2.05) is 6.92 Å². The zero-order chi connectivity index (χ0) is 21.5. The van der Waals surface area contributed by atoms with Gasteiger partial charge in [-0.1, -0.05) is 40.9 Å². The van der Waals surface area contributed by atoms with E-state index in [1.165, 1.54) is 4.31 Å². The number of nitrogens with one attached hydrogen (secondary N) is 1. The number of anilines is 2. The molecule has 0 unspecified atom stereocenters. The van der Waals surface area contributed by atoms with Gasteiger partial charge in [-0.3, -0.25) is 9.10 Å². The number of halogens is 2. The highest BCUT2D eigenvalue weighted by molar-refractivity contribution is 7.92. The van der Waals surface area contributed by atoms with Crippen LogP contribution in [0.5, 0.6) is 0 Å². The topological polar surface area (TPSA) is 66.5 Å². The van der Waals surface area contributed by atoms with E-state index in [-0.39, 0.29) is 10.8 Å². The van der Waals surface area contributed by atoms with Gasteiger partial charge in [-0.2, -0.15) is 0 Å². The first-order chi connectivity index (χ1) is 14.2. The van der Waals surface area contributed by atoms with Crippen LogP contribution >= 0.6 is 23.2 Å². The number of fused-ring (bicyclic) bond motifs is 1. The van der Waals surface area contributed by atoms with Gasteiger partial charge in [0, 0.05) is 27.8 Å². The van der Waals surface area contributed by atoms with Crippen molar-refractivity contribution in [1.29, 1.82) is 0 Å². The molecule has 0 saturated heterocycles. The molecule has 0 atom stereocenters. The van der Waals surface area contributed by atoms with E-state index in [0.717, 1.165) is 11.1 Å². The molecule has 0 bridgehead atoms. The van der Waals surface area contributed by atoms with E-state index >= 15 is 0 Å². The summed E-state index contributed by atoms with van der Waals surface area (Å²) in [6, 6.07) is 16.6. The number of carbonyl (C=O) groups excluding carboxylic acids is 1. The van der Waals surface area contributed by atoms with Crippen LogP contribution in [0.25, 0.3) is 0 Å². The highest BCUT2D eigenvalue weighted by Gasteiger charge is 2.31. The van der Waals surface area contributed by atoms with Gasteiger partial charge >= 0.3 is 0 Å². The van der Waals surface area contributed by atoms with E-state index < -0.39 is 10.0 Å². The molecule has 5 nitrogen and oxygen atoms in total. The SMILES string of the molecule is Cc1ccc(S(=O)(=O)N2CCc3cc(C(=O)Nc4cc(Cl)cc(Cl)c4)ccc32)cc1. The van der Waals surface area contributed by atoms with Crippen molar-refractivity contribution in [3.05, 3.63) is 87.4 Å². The van der Waals surface area contributed by atoms with Crippen molar-refractivity contribution in [2.45, 2.75) is 18.2 Å². The first-order valence-corrected chi connectivity index (χ1v) is 11.4. The lowest BCUT2D eigenvalue weighted by Gasteiger charge is -2.20. The summed E-state index contributed by atoms with van der Waals surface area (Å²) >= 11 is 12.0. The van der Waals surface area contributed by atoms with Crippen LogP contribution in [0.1, 0.15) is 21.5 Å². The molecule has 8 heteroatoms. The van der Waals surface area contributed by atoms with Gasteiger partial charge in [0.2, 0.25) is 0 Å². The van der Waals surface area contributed by atoms with Gasteiger partial charge in [0.1, 0.15) is 0 Å². The van der Waals surface area contributed by atoms with Gasteiger partial charge in [-0.25, -0.2) is 8.42 Å². The van der Waals surface area contributed by atoms with Crippen LogP contribution in [0.15, 0.2) is 65.6 Å². The Morgan fingerprint density at radius 3 is 2.30 bits per heavy atom. The van der Waals surface area contributed by atoms with E-state index in [0.29, 0.717) is 39.9 Å². The van der Waals surface area contributed by atoms with Crippen LogP contribution in [0.2, 0.25) is 10.0 Å². The lowest BCUT2D eigenvalue weighted by molar-refractivity contribution is 0.102. The molecule has 154 valence electrons. The number of aryl methyl sites for hydroxylation is 1. The molecular weight excluding hydrogens is 443 g/mol. The standard InChI is InChI=1S/C22H18Cl2N2O3S/c1-14-2-5-20(6-3-14)30(28,29)26-9-8-15-10-16(4-7-21(15)26)22(27)25-19-12-17(23)11-18(24)13-19/h2-7,10-13H,8-9H2,1H3,(H,25,27). The fourth-order valence-corrected chi connectivity index (χ4v) is 5.46. The number of rotatable bonds is 4. The summed E-state index contributed by atoms with van der Waals surface area (Å²) in [6.45, 7) is 2.24. The Hall–Kier alpha value is -2.54. The number of sulfonamides is 1. The molecule has 0 spiro atoms. The fraction of sp³-hybridized carbons (Fsp3) is 0.136. The highest BCUT2D eigenvalue weighted by atomic mass is 35.5. The van der Waals surface area contributed by atoms with Crippen LogP contribution < -0.4 is 9.62 Å². The minimum absolute atomic E-state index is 0.251. The Morgan fingerprint density at radius 2 is 1.63 bits per heavy atom. The molecule has 0 saturated carbocycles. The first kappa shape index (κ1) is 20.7. The maximum atomic E-state index is 13.1. The van der Waals surface area contributed by atoms with Gasteiger partial charge in [0.05, 0.1) is 10.6 Å². The van der Waals surface area contributed by atoms with Crippen molar-refractivity contribution in [3.8, 4) is 0 Å². The van der Waals surface area contributed by atoms with Gasteiger partial charge < -0.3 is 5.32 Å². The number of hydrogen-bond donors (Lipinski definition) is 1. The molecule has 30 heavy (non-hydrogen) atoms. The minimum Gasteiger partial charge on any atom is -0.322 e. The summed E-state index contributed by atoms with van der Waals surface area (Å²) in [7, 11) is -3.66. The number of hydrogen-bond acceptors (Lipinski definition) is 3. The predicted molar refractivity (Wildman–Crippen MR) is 120 cm³/mol. The van der Waals surface area contributed by atoms with E-state index in [2.05, 4.69) is 5.32 Å². The maximum absolute atomic E-state index is 13.1. The van der Waals surface area contributed by atoms with Gasteiger partial charge in [-0.05, 0) is 67.4 Å². The molecule has 1 N–H and O–H groups in total. The highest BCUT2D eigenvalue weighted by Crippen LogP contribution is 2.34. The van der Waals surface area contributed by atoms with Crippen molar-refractivity contribution in [1.82, 2.24) is 0 Å². The molecule has 3 aromatic rings. The van der Waals surface area contributed by atoms with Crippen molar-refractivity contribution >= 4 is 50.5 Å². The monoisotopic (exact) mass is 460 g/mol. The first-order valence-electron chi connectivity index (χ1n) is 9.24. The van der Waals surface area contributed by atoms with Crippen molar-refractivity contribution in [2.24, 2.45) is 0 Å². The Morgan fingerprint density at radius 1 is 0.967 bits per heavy atom. The number of benzene rings is 3. The molecule has 4 rings (SSSR count). The number of nitrogens with zero attached hydrogens (tertiary/aromatic N) is 1. The van der Waals surface area contributed by atoms with Crippen molar-refractivity contribution < 1.29 is 13.2 Å². The average molecular weight is 461 g/mol. The minimum atomic E-state index is -3.66. The van der Waals surface area contributed by atoms with Crippen LogP contribution in [0.4, 0.5) is 11.4 Å². The van der Waals surface area contributed by atoms with Crippen LogP contribution in [0.3, 0.4) is 0 Å². The second kappa shape index (κ2) is 7.95. The number of amides is 1. The summed E-state index contributed by atoms with van der Waals surface area (Å²) in [4.78, 5) is 12.9. The third kappa shape index (κ3) is 4.03. The summed E-state index contributed by atoms with van der Waals surface area (Å²) in [5.41, 5.74) is 3.31. The smallest absolute Gasteiger partial charge is 0.264 e. The summed E-state index contributed by atoms with van der Waals surface area (Å²) in [5, 5.41) is 3.60. The summed E-state index contributed by atoms with van der Waals surface area (Å²) in [5.74, 6) is -0.323. The zero-order valence-electron chi connectivity index (χ0n) is 16.0. The third-order valence-corrected chi connectivity index (χ3v) is 7.19. The molecule has 1 aliphatic heterocycles. The Bertz CT molecular complexity index is 1220. The lowest BCUT2D eigenvalue weighted by atomic mass is 10.1. The van der Waals surface area contributed by atoms with E-state index in [9.17, 15) is 13.2 Å². The second-order valence-corrected chi connectivity index (χ2v) is 9.83. The average Bonchev–Trinajstić information content (AvgIpc) is 3.11. The molecule has 0 aromatic heterocycles. The molecule has 0 fully saturated rings. The Labute approximate surface area is 185 Å². The Balaban J connectivity index is 1.59. The van der Waals surface area contributed by atoms with Gasteiger partial charge in [0.15, 0.2) is 0 Å². The maximum Gasteiger partial charge on any atom is 0.264 e. The normalized spacial score (nSPS) is 13.2. The van der Waals surface area contributed by atoms with Crippen molar-refractivity contribution in [2.75, 3.05) is 16.2 Å². The van der Waals surface area contributed by atoms with Gasteiger partial charge in [0.25, 0.3) is 15.9 Å². The van der Waals surface area contributed by atoms with Gasteiger partial charge in [-0.15, -0.1) is 0 Å². The molecular formula is C22H18Cl2N2O3S. The molecule has 1 heterocycles.